The third-order valence-electron chi connectivity index (χ3n) is 4.72. The number of carbonyl (C=O) groups excluding carboxylic acids is 1. The van der Waals surface area contributed by atoms with Crippen LogP contribution in [-0.2, 0) is 15.8 Å². The van der Waals surface area contributed by atoms with Crippen LogP contribution in [0.25, 0.3) is 5.69 Å². The Labute approximate surface area is 170 Å². The Balaban J connectivity index is 2.24. The van der Waals surface area contributed by atoms with Gasteiger partial charge in [-0.05, 0) is 42.8 Å². The molecule has 0 saturated carbocycles. The zero-order valence-electron chi connectivity index (χ0n) is 16.7. The van der Waals surface area contributed by atoms with Gasteiger partial charge in [-0.3, -0.25) is 4.57 Å². The predicted molar refractivity (Wildman–Crippen MR) is 113 cm³/mol. The highest BCUT2D eigenvalue weighted by molar-refractivity contribution is 7.07. The van der Waals surface area contributed by atoms with Crippen LogP contribution in [0.4, 0.5) is 4.79 Å². The van der Waals surface area contributed by atoms with Crippen molar-refractivity contribution in [1.82, 2.24) is 4.57 Å². The van der Waals surface area contributed by atoms with Gasteiger partial charge in [-0.1, -0.05) is 38.4 Å². The fraction of sp³-hybridized carbons (Fsp3) is 0.474. The van der Waals surface area contributed by atoms with Crippen molar-refractivity contribution >= 4 is 37.3 Å². The first-order valence-electron chi connectivity index (χ1n) is 8.85. The van der Waals surface area contributed by atoms with Crippen LogP contribution in [0.15, 0.2) is 34.8 Å². The minimum atomic E-state index is -1.82. The normalized spacial score (nSPS) is 13.1. The van der Waals surface area contributed by atoms with Crippen LogP contribution >= 0.6 is 22.9 Å². The smallest absolute Gasteiger partial charge is 0.436 e. The maximum Gasteiger partial charge on any atom is 0.436 e. The van der Waals surface area contributed by atoms with Crippen molar-refractivity contribution in [3.05, 3.63) is 45.2 Å². The van der Waals surface area contributed by atoms with Gasteiger partial charge < -0.3 is 9.16 Å². The van der Waals surface area contributed by atoms with E-state index in [0.717, 1.165) is 11.3 Å². The number of hydrogen-bond donors (Lipinski definition) is 0. The van der Waals surface area contributed by atoms with Gasteiger partial charge in [0.1, 0.15) is 0 Å². The second-order valence-electron chi connectivity index (χ2n) is 7.70. The van der Waals surface area contributed by atoms with Crippen LogP contribution in [0.5, 0.6) is 0 Å². The van der Waals surface area contributed by atoms with E-state index < -0.39 is 14.4 Å². The van der Waals surface area contributed by atoms with Crippen LogP contribution in [0, 0.1) is 0 Å². The monoisotopic (exact) mass is 426 g/mol. The molecule has 0 fully saturated rings. The van der Waals surface area contributed by atoms with Gasteiger partial charge >= 0.3 is 6.09 Å². The van der Waals surface area contributed by atoms with E-state index in [1.165, 1.54) is 11.3 Å². The summed E-state index contributed by atoms with van der Waals surface area (Å²) in [4.78, 5) is 16.2. The van der Waals surface area contributed by atoms with E-state index in [-0.39, 0.29) is 11.6 Å². The molecule has 1 heterocycles. The SMILES string of the molecule is CCOC(=O)N=c1sccn1-c1ccc(CO[Si](C)(C)C(C)(C)C)cc1Cl. The van der Waals surface area contributed by atoms with Gasteiger partial charge in [0.05, 0.1) is 23.9 Å². The molecule has 0 aliphatic rings. The maximum atomic E-state index is 11.7. The lowest BCUT2D eigenvalue weighted by molar-refractivity contribution is 0.162. The first kappa shape index (κ1) is 21.9. The summed E-state index contributed by atoms with van der Waals surface area (Å²) in [5.41, 5.74) is 1.78. The second kappa shape index (κ2) is 8.73. The van der Waals surface area contributed by atoms with Crippen LogP contribution < -0.4 is 4.80 Å². The minimum absolute atomic E-state index is 0.159. The number of benzene rings is 1. The minimum Gasteiger partial charge on any atom is -0.448 e. The quantitative estimate of drug-likeness (QED) is 0.570. The average molecular weight is 427 g/mol. The highest BCUT2D eigenvalue weighted by Gasteiger charge is 2.37. The van der Waals surface area contributed by atoms with E-state index in [0.29, 0.717) is 16.4 Å². The zero-order valence-corrected chi connectivity index (χ0v) is 19.3. The summed E-state index contributed by atoms with van der Waals surface area (Å²) < 4.78 is 12.9. The molecule has 2 rings (SSSR count). The van der Waals surface area contributed by atoms with Crippen molar-refractivity contribution in [3.63, 3.8) is 0 Å². The summed E-state index contributed by atoms with van der Waals surface area (Å²) in [7, 11) is -1.82. The van der Waals surface area contributed by atoms with Crippen LogP contribution in [0.2, 0.25) is 23.2 Å². The average Bonchev–Trinajstić information content (AvgIpc) is 3.00. The molecule has 27 heavy (non-hydrogen) atoms. The van der Waals surface area contributed by atoms with Crippen molar-refractivity contribution in [1.29, 1.82) is 0 Å². The molecule has 8 heteroatoms. The lowest BCUT2D eigenvalue weighted by Gasteiger charge is -2.36. The molecule has 0 N–H and O–H groups in total. The molecule has 2 aromatic rings. The number of carbonyl (C=O) groups is 1. The molecule has 1 aromatic heterocycles. The lowest BCUT2D eigenvalue weighted by Crippen LogP contribution is -2.40. The Bertz CT molecular complexity index is 868. The molecule has 0 saturated heterocycles. The Hall–Kier alpha value is -1.41. The summed E-state index contributed by atoms with van der Waals surface area (Å²) in [5, 5.41) is 2.59. The van der Waals surface area contributed by atoms with Gasteiger partial charge in [0.15, 0.2) is 8.32 Å². The molecule has 1 aromatic carbocycles. The summed E-state index contributed by atoms with van der Waals surface area (Å²) >= 11 is 7.86. The summed E-state index contributed by atoms with van der Waals surface area (Å²) in [6, 6.07) is 5.82. The predicted octanol–water partition coefficient (Wildman–Crippen LogP) is 5.77. The van der Waals surface area contributed by atoms with E-state index in [1.807, 2.05) is 29.8 Å². The third kappa shape index (κ3) is 5.54. The molecule has 0 radical (unpaired) electrons. The van der Waals surface area contributed by atoms with Gasteiger partial charge in [-0.25, -0.2) is 4.79 Å². The molecule has 0 atom stereocenters. The summed E-state index contributed by atoms with van der Waals surface area (Å²) in [6.07, 6.45) is 1.22. The van der Waals surface area contributed by atoms with Crippen molar-refractivity contribution in [2.24, 2.45) is 4.99 Å². The van der Waals surface area contributed by atoms with Crippen LogP contribution in [-0.4, -0.2) is 25.6 Å². The van der Waals surface area contributed by atoms with Crippen LogP contribution in [0.3, 0.4) is 0 Å². The molecule has 5 nitrogen and oxygen atoms in total. The molecule has 0 spiro atoms. The third-order valence-corrected chi connectivity index (χ3v) is 10.3. The first-order valence-corrected chi connectivity index (χ1v) is 13.0. The Kier molecular flexibility index (Phi) is 7.07. The lowest BCUT2D eigenvalue weighted by atomic mass is 10.2. The second-order valence-corrected chi connectivity index (χ2v) is 13.8. The molecule has 0 unspecified atom stereocenters. The fourth-order valence-corrected chi connectivity index (χ4v) is 4.04. The van der Waals surface area contributed by atoms with Crippen molar-refractivity contribution in [3.8, 4) is 5.69 Å². The van der Waals surface area contributed by atoms with E-state index in [9.17, 15) is 4.79 Å². The molecular formula is C19H27ClN2O3SSi. The first-order chi connectivity index (χ1) is 12.5. The van der Waals surface area contributed by atoms with Gasteiger partial charge in [0.2, 0.25) is 4.80 Å². The number of aromatic nitrogens is 1. The zero-order chi connectivity index (χ0) is 20.2. The number of rotatable bonds is 5. The number of ether oxygens (including phenoxy) is 1. The van der Waals surface area contributed by atoms with Gasteiger partial charge in [0.25, 0.3) is 0 Å². The fourth-order valence-electron chi connectivity index (χ4n) is 2.09. The molecule has 1 amide bonds. The van der Waals surface area contributed by atoms with E-state index in [1.54, 1.807) is 11.5 Å². The summed E-state index contributed by atoms with van der Waals surface area (Å²) in [6.45, 7) is 13.7. The van der Waals surface area contributed by atoms with Crippen molar-refractivity contribution in [2.75, 3.05) is 6.61 Å². The highest BCUT2D eigenvalue weighted by Crippen LogP contribution is 2.37. The van der Waals surface area contributed by atoms with Gasteiger partial charge in [0, 0.05) is 11.6 Å². The van der Waals surface area contributed by atoms with Crippen molar-refractivity contribution in [2.45, 2.75) is 52.4 Å². The standard InChI is InChI=1S/C19H27ClN2O3SSi/c1-7-24-18(23)21-17-22(10-11-26-17)16-9-8-14(12-15(16)20)13-25-27(5,6)19(2,3)4/h8-12H,7,13H2,1-6H3. The number of halogens is 1. The van der Waals surface area contributed by atoms with Gasteiger partial charge in [-0.15, -0.1) is 16.3 Å². The number of hydrogen-bond acceptors (Lipinski definition) is 4. The molecule has 0 bridgehead atoms. The van der Waals surface area contributed by atoms with E-state index in [2.05, 4.69) is 38.9 Å². The number of amides is 1. The van der Waals surface area contributed by atoms with Crippen molar-refractivity contribution < 1.29 is 14.0 Å². The van der Waals surface area contributed by atoms with E-state index >= 15 is 0 Å². The Morgan fingerprint density at radius 1 is 1.33 bits per heavy atom. The van der Waals surface area contributed by atoms with Crippen LogP contribution in [0.1, 0.15) is 33.3 Å². The largest absolute Gasteiger partial charge is 0.448 e. The molecular weight excluding hydrogens is 400 g/mol. The highest BCUT2D eigenvalue weighted by atomic mass is 35.5. The maximum absolute atomic E-state index is 11.7. The molecule has 0 aliphatic heterocycles. The van der Waals surface area contributed by atoms with Gasteiger partial charge in [-0.2, -0.15) is 0 Å². The number of nitrogens with zero attached hydrogens (tertiary/aromatic N) is 2. The number of thiazole rings is 1. The summed E-state index contributed by atoms with van der Waals surface area (Å²) in [5.74, 6) is 0. The Morgan fingerprint density at radius 3 is 2.63 bits per heavy atom. The molecule has 148 valence electrons. The molecule has 0 aliphatic carbocycles. The van der Waals surface area contributed by atoms with E-state index in [4.69, 9.17) is 20.8 Å². The Morgan fingerprint density at radius 2 is 2.04 bits per heavy atom. The topological polar surface area (TPSA) is 52.8 Å².